The molecule has 0 spiro atoms. The van der Waals surface area contributed by atoms with Gasteiger partial charge in [-0.2, -0.15) is 5.26 Å². The Morgan fingerprint density at radius 2 is 2.38 bits per heavy atom. The van der Waals surface area contributed by atoms with Gasteiger partial charge in [-0.3, -0.25) is 0 Å². The fraction of sp³-hybridized carbons (Fsp3) is 0.167. The molecule has 0 aliphatic heterocycles. The standard InChI is InChI=1S/C6H7NO/c1-3-6(4-7)5(2)8/h3,8H,2H2,1H3/b6-3+. The van der Waals surface area contributed by atoms with Gasteiger partial charge >= 0.3 is 0 Å². The zero-order valence-electron chi connectivity index (χ0n) is 4.68. The first kappa shape index (κ1) is 6.77. The second kappa shape index (κ2) is 2.86. The lowest BCUT2D eigenvalue weighted by Gasteiger charge is -1.87. The van der Waals surface area contributed by atoms with Crippen LogP contribution in [0.15, 0.2) is 24.0 Å². The van der Waals surface area contributed by atoms with Crippen molar-refractivity contribution < 1.29 is 5.11 Å². The van der Waals surface area contributed by atoms with E-state index >= 15 is 0 Å². The van der Waals surface area contributed by atoms with Crippen LogP contribution in [0.3, 0.4) is 0 Å². The van der Waals surface area contributed by atoms with E-state index in [1.165, 1.54) is 6.08 Å². The zero-order chi connectivity index (χ0) is 6.57. The van der Waals surface area contributed by atoms with Crippen molar-refractivity contribution in [3.63, 3.8) is 0 Å². The van der Waals surface area contributed by atoms with Gasteiger partial charge in [0.2, 0.25) is 0 Å². The summed E-state index contributed by atoms with van der Waals surface area (Å²) in [6.07, 6.45) is 1.50. The molecular formula is C6H7NO. The van der Waals surface area contributed by atoms with Crippen molar-refractivity contribution in [2.24, 2.45) is 0 Å². The maximum atomic E-state index is 8.53. The minimum atomic E-state index is -0.171. The van der Waals surface area contributed by atoms with Crippen LogP contribution in [0.4, 0.5) is 0 Å². The van der Waals surface area contributed by atoms with E-state index in [-0.39, 0.29) is 11.3 Å². The van der Waals surface area contributed by atoms with E-state index < -0.39 is 0 Å². The van der Waals surface area contributed by atoms with Gasteiger partial charge in [0.25, 0.3) is 0 Å². The molecule has 1 N–H and O–H groups in total. The third-order valence-electron chi connectivity index (χ3n) is 0.720. The molecule has 0 saturated heterocycles. The van der Waals surface area contributed by atoms with Gasteiger partial charge in [0.1, 0.15) is 11.8 Å². The summed E-state index contributed by atoms with van der Waals surface area (Å²) < 4.78 is 0. The molecule has 0 aromatic heterocycles. The highest BCUT2D eigenvalue weighted by molar-refractivity contribution is 5.34. The Morgan fingerprint density at radius 3 is 2.38 bits per heavy atom. The Labute approximate surface area is 48.4 Å². The number of hydrogen-bond donors (Lipinski definition) is 1. The number of aliphatic hydroxyl groups excluding tert-OH is 1. The maximum Gasteiger partial charge on any atom is 0.125 e. The fourth-order valence-electron chi connectivity index (χ4n) is 0.296. The van der Waals surface area contributed by atoms with Crippen molar-refractivity contribution in [2.75, 3.05) is 0 Å². The molecule has 0 aromatic rings. The summed E-state index contributed by atoms with van der Waals surface area (Å²) in [4.78, 5) is 0. The molecule has 0 unspecified atom stereocenters. The first-order chi connectivity index (χ1) is 3.72. The molecule has 0 aliphatic carbocycles. The van der Waals surface area contributed by atoms with Crippen LogP contribution < -0.4 is 0 Å². The van der Waals surface area contributed by atoms with Crippen molar-refractivity contribution in [3.05, 3.63) is 24.0 Å². The number of aliphatic hydroxyl groups is 1. The summed E-state index contributed by atoms with van der Waals surface area (Å²) >= 11 is 0. The van der Waals surface area contributed by atoms with E-state index in [0.29, 0.717) is 0 Å². The van der Waals surface area contributed by atoms with Crippen molar-refractivity contribution in [1.82, 2.24) is 0 Å². The molecule has 0 radical (unpaired) electrons. The van der Waals surface area contributed by atoms with Gasteiger partial charge in [0, 0.05) is 0 Å². The number of allylic oxidation sites excluding steroid dienone is 2. The lowest BCUT2D eigenvalue weighted by Crippen LogP contribution is -1.79. The lowest BCUT2D eigenvalue weighted by molar-refractivity contribution is 0.430. The average Bonchev–Trinajstić information content (AvgIpc) is 1.69. The van der Waals surface area contributed by atoms with Crippen LogP contribution in [0.25, 0.3) is 0 Å². The molecule has 0 amide bonds. The van der Waals surface area contributed by atoms with Crippen LogP contribution >= 0.6 is 0 Å². The van der Waals surface area contributed by atoms with Crippen molar-refractivity contribution in [1.29, 1.82) is 5.26 Å². The van der Waals surface area contributed by atoms with Crippen molar-refractivity contribution in [3.8, 4) is 6.07 Å². The van der Waals surface area contributed by atoms with Crippen molar-refractivity contribution in [2.45, 2.75) is 6.92 Å². The summed E-state index contributed by atoms with van der Waals surface area (Å²) in [6.45, 7) is 4.83. The third kappa shape index (κ3) is 1.48. The van der Waals surface area contributed by atoms with Crippen LogP contribution in [-0.2, 0) is 0 Å². The molecular weight excluding hydrogens is 102 g/mol. The zero-order valence-corrected chi connectivity index (χ0v) is 4.68. The normalized spacial score (nSPS) is 10.2. The number of hydrogen-bond acceptors (Lipinski definition) is 2. The quantitative estimate of drug-likeness (QED) is 0.315. The molecule has 0 bridgehead atoms. The van der Waals surface area contributed by atoms with Gasteiger partial charge in [0.15, 0.2) is 0 Å². The molecule has 0 saturated carbocycles. The molecule has 0 rings (SSSR count). The van der Waals surface area contributed by atoms with Crippen molar-refractivity contribution >= 4 is 0 Å². The summed E-state index contributed by atoms with van der Waals surface area (Å²) in [5.41, 5.74) is 0.227. The van der Waals surface area contributed by atoms with Gasteiger partial charge in [-0.15, -0.1) is 0 Å². The second-order valence-electron chi connectivity index (χ2n) is 1.26. The van der Waals surface area contributed by atoms with Gasteiger partial charge in [-0.25, -0.2) is 0 Å². The molecule has 0 atom stereocenters. The van der Waals surface area contributed by atoms with Crippen LogP contribution in [0.2, 0.25) is 0 Å². The van der Waals surface area contributed by atoms with E-state index in [1.807, 2.05) is 0 Å². The molecule has 0 aliphatic rings. The predicted molar refractivity (Wildman–Crippen MR) is 31.1 cm³/mol. The summed E-state index contributed by atoms with van der Waals surface area (Å²) in [5, 5.41) is 16.7. The van der Waals surface area contributed by atoms with Crippen LogP contribution in [0, 0.1) is 11.3 Å². The third-order valence-corrected chi connectivity index (χ3v) is 0.720. The topological polar surface area (TPSA) is 44.0 Å². The summed E-state index contributed by atoms with van der Waals surface area (Å²) in [5.74, 6) is -0.171. The first-order valence-corrected chi connectivity index (χ1v) is 2.17. The van der Waals surface area contributed by atoms with Gasteiger partial charge in [0.05, 0.1) is 5.57 Å². The Kier molecular flexibility index (Phi) is 2.42. The van der Waals surface area contributed by atoms with E-state index in [2.05, 4.69) is 6.58 Å². The van der Waals surface area contributed by atoms with Gasteiger partial charge in [-0.1, -0.05) is 12.7 Å². The van der Waals surface area contributed by atoms with Crippen LogP contribution in [0.1, 0.15) is 6.92 Å². The predicted octanol–water partition coefficient (Wildman–Crippen LogP) is 1.53. The summed E-state index contributed by atoms with van der Waals surface area (Å²) in [7, 11) is 0. The Morgan fingerprint density at radius 1 is 1.88 bits per heavy atom. The highest BCUT2D eigenvalue weighted by Gasteiger charge is 1.92. The maximum absolute atomic E-state index is 8.53. The van der Waals surface area contributed by atoms with E-state index in [4.69, 9.17) is 10.4 Å². The monoisotopic (exact) mass is 109 g/mol. The molecule has 2 heteroatoms. The lowest BCUT2D eigenvalue weighted by atomic mass is 10.2. The molecule has 0 heterocycles. The second-order valence-corrected chi connectivity index (χ2v) is 1.26. The molecule has 42 valence electrons. The average molecular weight is 109 g/mol. The van der Waals surface area contributed by atoms with E-state index in [0.717, 1.165) is 0 Å². The number of rotatable bonds is 1. The molecule has 2 nitrogen and oxygen atoms in total. The largest absolute Gasteiger partial charge is 0.507 e. The Hall–Kier alpha value is -1.23. The number of nitriles is 1. The molecule has 8 heavy (non-hydrogen) atoms. The van der Waals surface area contributed by atoms with E-state index in [1.54, 1.807) is 13.0 Å². The minimum Gasteiger partial charge on any atom is -0.507 e. The molecule has 0 aromatic carbocycles. The summed E-state index contributed by atoms with van der Waals surface area (Å²) in [6, 6.07) is 1.76. The smallest absolute Gasteiger partial charge is 0.125 e. The first-order valence-electron chi connectivity index (χ1n) is 2.17. The van der Waals surface area contributed by atoms with Gasteiger partial charge in [-0.05, 0) is 6.92 Å². The highest BCUT2D eigenvalue weighted by atomic mass is 16.3. The Balaban J connectivity index is 4.20. The Bertz CT molecular complexity index is 162. The fourth-order valence-corrected chi connectivity index (χ4v) is 0.296. The van der Waals surface area contributed by atoms with E-state index in [9.17, 15) is 0 Å². The van der Waals surface area contributed by atoms with Gasteiger partial charge < -0.3 is 5.11 Å². The number of nitrogens with zero attached hydrogens (tertiary/aromatic N) is 1. The van der Waals surface area contributed by atoms with Crippen LogP contribution in [-0.4, -0.2) is 5.11 Å². The minimum absolute atomic E-state index is 0.171. The highest BCUT2D eigenvalue weighted by Crippen LogP contribution is 1.99. The molecule has 0 fully saturated rings. The van der Waals surface area contributed by atoms with Crippen LogP contribution in [0.5, 0.6) is 0 Å². The SMILES string of the molecule is C=C(O)/C(C#N)=C/C.